The molecule has 1 aliphatic heterocycles. The first-order valence-corrected chi connectivity index (χ1v) is 11.8. The minimum Gasteiger partial charge on any atom is -0.494 e. The van der Waals surface area contributed by atoms with Crippen molar-refractivity contribution < 1.29 is 27.8 Å². The molecule has 2 N–H and O–H groups in total. The smallest absolute Gasteiger partial charge is 0.433 e. The molecule has 1 saturated heterocycles. The van der Waals surface area contributed by atoms with Gasteiger partial charge in [0.1, 0.15) is 17.1 Å². The van der Waals surface area contributed by atoms with Crippen LogP contribution in [-0.4, -0.2) is 63.0 Å². The number of carbonyl (C=O) groups is 1. The molecule has 1 amide bonds. The lowest BCUT2D eigenvalue weighted by Crippen LogP contribution is -2.37. The summed E-state index contributed by atoms with van der Waals surface area (Å²) in [4.78, 5) is 18.4. The van der Waals surface area contributed by atoms with Crippen molar-refractivity contribution in [1.29, 1.82) is 0 Å². The zero-order chi connectivity index (χ0) is 26.1. The monoisotopic (exact) mass is 505 g/mol. The summed E-state index contributed by atoms with van der Waals surface area (Å²) in [6, 6.07) is 6.79. The van der Waals surface area contributed by atoms with E-state index in [0.29, 0.717) is 23.4 Å². The van der Waals surface area contributed by atoms with Crippen molar-refractivity contribution in [3.05, 3.63) is 47.9 Å². The van der Waals surface area contributed by atoms with Crippen LogP contribution in [0.1, 0.15) is 55.3 Å². The fourth-order valence-corrected chi connectivity index (χ4v) is 4.27. The molecule has 0 saturated carbocycles. The zero-order valence-corrected chi connectivity index (χ0v) is 20.5. The van der Waals surface area contributed by atoms with E-state index in [9.17, 15) is 23.1 Å². The molecule has 3 heterocycles. The third-order valence-corrected chi connectivity index (χ3v) is 6.33. The van der Waals surface area contributed by atoms with Crippen LogP contribution in [0.4, 0.5) is 18.9 Å². The fraction of sp³-hybridized carbons (Fsp3) is 0.480. The van der Waals surface area contributed by atoms with Gasteiger partial charge in [-0.15, -0.1) is 0 Å². The van der Waals surface area contributed by atoms with Gasteiger partial charge in [-0.25, -0.2) is 4.98 Å². The maximum atomic E-state index is 13.0. The number of hydrogen-bond donors (Lipinski definition) is 2. The van der Waals surface area contributed by atoms with E-state index in [-0.39, 0.29) is 11.7 Å². The van der Waals surface area contributed by atoms with E-state index in [2.05, 4.69) is 15.2 Å². The number of carbonyl (C=O) groups excluding carboxylic acids is 1. The van der Waals surface area contributed by atoms with Gasteiger partial charge in [-0.05, 0) is 51.3 Å². The van der Waals surface area contributed by atoms with Gasteiger partial charge in [-0.1, -0.05) is 6.07 Å². The number of likely N-dealkylation sites (tertiary alicyclic amines) is 1. The van der Waals surface area contributed by atoms with Crippen LogP contribution in [0.3, 0.4) is 0 Å². The highest BCUT2D eigenvalue weighted by atomic mass is 19.4. The summed E-state index contributed by atoms with van der Waals surface area (Å²) in [6.07, 6.45) is -0.186. The van der Waals surface area contributed by atoms with Gasteiger partial charge in [0.15, 0.2) is 0 Å². The Hall–Kier alpha value is -3.18. The normalized spacial score (nSPS) is 15.9. The van der Waals surface area contributed by atoms with Gasteiger partial charge < -0.3 is 20.1 Å². The first kappa shape index (κ1) is 25.9. The van der Waals surface area contributed by atoms with Crippen molar-refractivity contribution in [3.8, 4) is 5.75 Å². The van der Waals surface area contributed by atoms with Crippen molar-refractivity contribution in [1.82, 2.24) is 19.7 Å². The predicted octanol–water partition coefficient (Wildman–Crippen LogP) is 4.51. The molecule has 4 rings (SSSR count). The Labute approximate surface area is 207 Å². The van der Waals surface area contributed by atoms with Crippen molar-refractivity contribution in [2.45, 2.75) is 50.9 Å². The largest absolute Gasteiger partial charge is 0.494 e. The number of rotatable bonds is 7. The van der Waals surface area contributed by atoms with E-state index in [1.54, 1.807) is 12.1 Å². The molecule has 8 nitrogen and oxygen atoms in total. The number of benzene rings is 1. The first-order chi connectivity index (χ1) is 16.9. The van der Waals surface area contributed by atoms with Crippen LogP contribution in [0.2, 0.25) is 0 Å². The maximum absolute atomic E-state index is 13.0. The lowest BCUT2D eigenvalue weighted by atomic mass is 10.0. The molecule has 1 aromatic carbocycles. The molecule has 2 aromatic heterocycles. The Bertz CT molecular complexity index is 1230. The van der Waals surface area contributed by atoms with E-state index in [0.717, 1.165) is 50.0 Å². The SMILES string of the molecule is COc1cc2nn(C3CCN(CCC(C)(C)O)CC3)cc2cc1NC(=O)c1cccc(C(F)(F)F)n1. The highest BCUT2D eigenvalue weighted by molar-refractivity contribution is 6.05. The fourth-order valence-electron chi connectivity index (χ4n) is 4.27. The number of nitrogens with zero attached hydrogens (tertiary/aromatic N) is 4. The summed E-state index contributed by atoms with van der Waals surface area (Å²) >= 11 is 0. The number of methoxy groups -OCH3 is 1. The summed E-state index contributed by atoms with van der Waals surface area (Å²) in [5.41, 5.74) is -1.16. The first-order valence-electron chi connectivity index (χ1n) is 11.8. The van der Waals surface area contributed by atoms with E-state index in [4.69, 9.17) is 9.84 Å². The molecule has 1 aliphatic rings. The van der Waals surface area contributed by atoms with Gasteiger partial charge >= 0.3 is 6.18 Å². The molecule has 11 heteroatoms. The van der Waals surface area contributed by atoms with Crippen LogP contribution in [0.5, 0.6) is 5.75 Å². The zero-order valence-electron chi connectivity index (χ0n) is 20.5. The average molecular weight is 506 g/mol. The molecule has 194 valence electrons. The topological polar surface area (TPSA) is 92.5 Å². The number of anilines is 1. The number of alkyl halides is 3. The van der Waals surface area contributed by atoms with Gasteiger partial charge in [-0.2, -0.15) is 18.3 Å². The van der Waals surface area contributed by atoms with Crippen LogP contribution < -0.4 is 10.1 Å². The van der Waals surface area contributed by atoms with Crippen molar-refractivity contribution in [2.24, 2.45) is 0 Å². The molecule has 0 unspecified atom stereocenters. The molecule has 0 spiro atoms. The second kappa shape index (κ2) is 10.1. The van der Waals surface area contributed by atoms with E-state index in [1.165, 1.54) is 13.2 Å². The number of piperidine rings is 1. The van der Waals surface area contributed by atoms with Crippen LogP contribution in [0.25, 0.3) is 10.9 Å². The summed E-state index contributed by atoms with van der Waals surface area (Å²) in [6.45, 7) is 6.29. The number of hydrogen-bond acceptors (Lipinski definition) is 6. The third-order valence-electron chi connectivity index (χ3n) is 6.33. The Morgan fingerprint density at radius 3 is 2.58 bits per heavy atom. The standard InChI is InChI=1S/C25H30F3N5O3/c1-24(2,35)9-12-32-10-7-17(8-11-32)33-15-16-13-20(21(36-3)14-19(16)31-33)30-23(34)18-5-4-6-22(29-18)25(26,27)28/h4-6,13-15,17,35H,7-12H2,1-3H3,(H,30,34). The number of nitrogens with one attached hydrogen (secondary N) is 1. The summed E-state index contributed by atoms with van der Waals surface area (Å²) in [7, 11) is 1.44. The Balaban J connectivity index is 1.48. The van der Waals surface area contributed by atoms with Crippen molar-refractivity contribution in [3.63, 3.8) is 0 Å². The van der Waals surface area contributed by atoms with Crippen LogP contribution >= 0.6 is 0 Å². The Morgan fingerprint density at radius 1 is 1.22 bits per heavy atom. The van der Waals surface area contributed by atoms with Crippen LogP contribution in [-0.2, 0) is 6.18 Å². The van der Waals surface area contributed by atoms with Gasteiger partial charge in [-0.3, -0.25) is 9.48 Å². The minimum absolute atomic E-state index is 0.217. The molecular formula is C25H30F3N5O3. The highest BCUT2D eigenvalue weighted by Gasteiger charge is 2.33. The van der Waals surface area contributed by atoms with Gasteiger partial charge in [0.25, 0.3) is 5.91 Å². The second-order valence-electron chi connectivity index (χ2n) is 9.72. The van der Waals surface area contributed by atoms with Crippen molar-refractivity contribution >= 4 is 22.5 Å². The summed E-state index contributed by atoms with van der Waals surface area (Å²) < 4.78 is 46.3. The third kappa shape index (κ3) is 6.14. The van der Waals surface area contributed by atoms with Crippen LogP contribution in [0.15, 0.2) is 36.5 Å². The van der Waals surface area contributed by atoms with Gasteiger partial charge in [0.2, 0.25) is 0 Å². The quantitative estimate of drug-likeness (QED) is 0.491. The van der Waals surface area contributed by atoms with E-state index >= 15 is 0 Å². The number of amides is 1. The number of aromatic nitrogens is 3. The molecule has 1 fully saturated rings. The van der Waals surface area contributed by atoms with Crippen LogP contribution in [0, 0.1) is 0 Å². The molecule has 0 atom stereocenters. The number of fused-ring (bicyclic) bond motifs is 1. The van der Waals surface area contributed by atoms with Crippen molar-refractivity contribution in [2.75, 3.05) is 32.1 Å². The number of ether oxygens (including phenoxy) is 1. The molecule has 0 radical (unpaired) electrons. The maximum Gasteiger partial charge on any atom is 0.433 e. The highest BCUT2D eigenvalue weighted by Crippen LogP contribution is 2.33. The molecule has 0 bridgehead atoms. The molecule has 3 aromatic rings. The number of aliphatic hydroxyl groups is 1. The number of halogens is 3. The van der Waals surface area contributed by atoms with E-state index in [1.807, 2.05) is 24.7 Å². The van der Waals surface area contributed by atoms with Gasteiger partial charge in [0.05, 0.1) is 30.0 Å². The average Bonchev–Trinajstić information content (AvgIpc) is 3.24. The molecule has 0 aliphatic carbocycles. The van der Waals surface area contributed by atoms with Gasteiger partial charge in [0, 0.05) is 37.3 Å². The Morgan fingerprint density at radius 2 is 1.94 bits per heavy atom. The second-order valence-corrected chi connectivity index (χ2v) is 9.72. The Kier molecular flexibility index (Phi) is 7.24. The lowest BCUT2D eigenvalue weighted by Gasteiger charge is -2.33. The minimum atomic E-state index is -4.65. The summed E-state index contributed by atoms with van der Waals surface area (Å²) in [5, 5.41) is 18.0. The summed E-state index contributed by atoms with van der Waals surface area (Å²) in [5.74, 6) is -0.431. The molecular weight excluding hydrogens is 475 g/mol. The van der Waals surface area contributed by atoms with E-state index < -0.39 is 23.4 Å². The lowest BCUT2D eigenvalue weighted by molar-refractivity contribution is -0.141. The predicted molar refractivity (Wildman–Crippen MR) is 129 cm³/mol. The number of pyridine rings is 1. The molecule has 36 heavy (non-hydrogen) atoms.